The van der Waals surface area contributed by atoms with Crippen LogP contribution in [0.3, 0.4) is 0 Å². The molecule has 29 heavy (non-hydrogen) atoms. The first-order valence-electron chi connectivity index (χ1n) is 9.50. The standard InChI is InChI=1S/C21H25Cl2N5O/c1-13(15-6-7-18(22)19(23)10-15)26-21(29)28-9-8-16-11-25-20(27-14(2)24)5-3-4-17(16)12-28/h3-7,10-11,13-14H,8-9,12,24H2,1-2H3,(H,25,27)(H,26,29). The minimum absolute atomic E-state index is 0.110. The van der Waals surface area contributed by atoms with Gasteiger partial charge in [-0.1, -0.05) is 41.4 Å². The van der Waals surface area contributed by atoms with E-state index < -0.39 is 0 Å². The fraction of sp³-hybridized carbons (Fsp3) is 0.333. The lowest BCUT2D eigenvalue weighted by molar-refractivity contribution is 0.196. The van der Waals surface area contributed by atoms with Crippen LogP contribution in [0.2, 0.25) is 10.0 Å². The summed E-state index contributed by atoms with van der Waals surface area (Å²) in [6.07, 6.45) is 8.25. The van der Waals surface area contributed by atoms with Crippen molar-refractivity contribution in [3.05, 3.63) is 69.4 Å². The number of nitrogens with two attached hydrogens (primary N) is 1. The van der Waals surface area contributed by atoms with E-state index in [2.05, 4.69) is 15.6 Å². The Morgan fingerprint density at radius 2 is 2.07 bits per heavy atom. The molecular weight excluding hydrogens is 409 g/mol. The number of fused-ring (bicyclic) bond motifs is 1. The molecule has 2 aliphatic heterocycles. The summed E-state index contributed by atoms with van der Waals surface area (Å²) in [4.78, 5) is 18.9. The van der Waals surface area contributed by atoms with Crippen LogP contribution in [0.5, 0.6) is 0 Å². The summed E-state index contributed by atoms with van der Waals surface area (Å²) in [6.45, 7) is 4.92. The number of benzene rings is 1. The predicted molar refractivity (Wildman–Crippen MR) is 119 cm³/mol. The highest BCUT2D eigenvalue weighted by molar-refractivity contribution is 6.42. The molecule has 154 valence electrons. The highest BCUT2D eigenvalue weighted by atomic mass is 35.5. The van der Waals surface area contributed by atoms with Crippen molar-refractivity contribution in [3.8, 4) is 0 Å². The second kappa shape index (κ2) is 9.48. The zero-order valence-electron chi connectivity index (χ0n) is 16.5. The second-order valence-electron chi connectivity index (χ2n) is 7.14. The van der Waals surface area contributed by atoms with Gasteiger partial charge in [0.25, 0.3) is 0 Å². The van der Waals surface area contributed by atoms with Crippen LogP contribution in [0.25, 0.3) is 0 Å². The van der Waals surface area contributed by atoms with Gasteiger partial charge in [0.2, 0.25) is 0 Å². The zero-order chi connectivity index (χ0) is 21.0. The minimum atomic E-state index is -0.272. The molecule has 1 aromatic carbocycles. The number of urea groups is 1. The lowest BCUT2D eigenvalue weighted by atomic mass is 9.97. The molecule has 2 unspecified atom stereocenters. The van der Waals surface area contributed by atoms with Gasteiger partial charge in [-0.15, -0.1) is 0 Å². The van der Waals surface area contributed by atoms with Crippen LogP contribution in [0.4, 0.5) is 4.79 Å². The third-order valence-electron chi connectivity index (χ3n) is 4.78. The lowest BCUT2D eigenvalue weighted by Crippen LogP contribution is -2.45. The van der Waals surface area contributed by atoms with Gasteiger partial charge in [-0.2, -0.15) is 0 Å². The number of piperidine rings is 1. The van der Waals surface area contributed by atoms with Gasteiger partial charge in [-0.05, 0) is 55.2 Å². The summed E-state index contributed by atoms with van der Waals surface area (Å²) in [6, 6.07) is 5.09. The number of amides is 2. The molecule has 4 N–H and O–H groups in total. The number of allylic oxidation sites excluding steroid dienone is 2. The van der Waals surface area contributed by atoms with Crippen molar-refractivity contribution in [2.45, 2.75) is 32.5 Å². The van der Waals surface area contributed by atoms with E-state index in [1.165, 1.54) is 0 Å². The minimum Gasteiger partial charge on any atom is -0.347 e. The molecule has 8 heteroatoms. The Balaban J connectivity index is 1.66. The highest BCUT2D eigenvalue weighted by Gasteiger charge is 2.24. The predicted octanol–water partition coefficient (Wildman–Crippen LogP) is 4.14. The summed E-state index contributed by atoms with van der Waals surface area (Å²) in [5.74, 6) is 0.721. The van der Waals surface area contributed by atoms with Gasteiger partial charge in [0.05, 0.1) is 22.3 Å². The van der Waals surface area contributed by atoms with Gasteiger partial charge in [0, 0.05) is 19.3 Å². The summed E-state index contributed by atoms with van der Waals surface area (Å²) in [7, 11) is 0. The number of carbonyl (C=O) groups is 1. The third-order valence-corrected chi connectivity index (χ3v) is 5.52. The maximum absolute atomic E-state index is 12.8. The number of aliphatic imine (C=N–C) groups is 1. The first-order chi connectivity index (χ1) is 13.8. The molecule has 0 radical (unpaired) electrons. The number of hydrogen-bond acceptors (Lipinski definition) is 3. The fourth-order valence-electron chi connectivity index (χ4n) is 3.21. The SMILES string of the molecule is CC(N)N=C1C=CC=C2CN(C(=O)NC(C)c3ccc(Cl)c(Cl)c3)CCC2=CN1. The molecule has 0 aromatic heterocycles. The highest BCUT2D eigenvalue weighted by Crippen LogP contribution is 2.26. The molecule has 2 atom stereocenters. The Morgan fingerprint density at radius 3 is 2.79 bits per heavy atom. The number of hydrogen-bond donors (Lipinski definition) is 3. The number of nitrogens with zero attached hydrogens (tertiary/aromatic N) is 2. The normalized spacial score (nSPS) is 19.9. The van der Waals surface area contributed by atoms with E-state index in [-0.39, 0.29) is 18.2 Å². The van der Waals surface area contributed by atoms with Crippen LogP contribution < -0.4 is 16.4 Å². The molecule has 6 nitrogen and oxygen atoms in total. The van der Waals surface area contributed by atoms with E-state index in [1.54, 1.807) is 12.1 Å². The Hall–Kier alpha value is -2.28. The van der Waals surface area contributed by atoms with Gasteiger partial charge >= 0.3 is 6.03 Å². The van der Waals surface area contributed by atoms with Crippen molar-refractivity contribution in [1.82, 2.24) is 15.5 Å². The zero-order valence-corrected chi connectivity index (χ0v) is 18.0. The van der Waals surface area contributed by atoms with E-state index in [9.17, 15) is 4.79 Å². The van der Waals surface area contributed by atoms with E-state index in [0.29, 0.717) is 23.1 Å². The number of halogens is 2. The average Bonchev–Trinajstić information content (AvgIpc) is 2.66. The molecule has 2 amide bonds. The van der Waals surface area contributed by atoms with E-state index in [1.807, 2.05) is 49.2 Å². The number of likely N-dealkylation sites (tertiary alicyclic amines) is 1. The van der Waals surface area contributed by atoms with Crippen molar-refractivity contribution in [3.63, 3.8) is 0 Å². The number of nitrogens with one attached hydrogen (secondary N) is 2. The Morgan fingerprint density at radius 1 is 1.28 bits per heavy atom. The van der Waals surface area contributed by atoms with E-state index in [0.717, 1.165) is 29.0 Å². The van der Waals surface area contributed by atoms with Crippen LogP contribution in [0.15, 0.2) is 58.8 Å². The number of rotatable bonds is 3. The summed E-state index contributed by atoms with van der Waals surface area (Å²) < 4.78 is 0. The monoisotopic (exact) mass is 433 g/mol. The summed E-state index contributed by atoms with van der Waals surface area (Å²) in [5, 5.41) is 7.21. The molecule has 2 aliphatic rings. The number of amidine groups is 1. The van der Waals surface area contributed by atoms with Crippen molar-refractivity contribution in [1.29, 1.82) is 0 Å². The molecule has 2 heterocycles. The Labute approximate surface area is 181 Å². The molecular formula is C21H25Cl2N5O. The first-order valence-corrected chi connectivity index (χ1v) is 10.3. The van der Waals surface area contributed by atoms with Crippen LogP contribution in [-0.2, 0) is 0 Å². The first kappa shape index (κ1) is 21.4. The molecule has 1 fully saturated rings. The van der Waals surface area contributed by atoms with Crippen LogP contribution in [-0.4, -0.2) is 36.0 Å². The van der Waals surface area contributed by atoms with Crippen molar-refractivity contribution >= 4 is 35.1 Å². The molecule has 0 bridgehead atoms. The lowest BCUT2D eigenvalue weighted by Gasteiger charge is -2.32. The number of carbonyl (C=O) groups excluding carboxylic acids is 1. The quantitative estimate of drug-likeness (QED) is 0.669. The Kier molecular flexibility index (Phi) is 7.00. The van der Waals surface area contributed by atoms with Crippen LogP contribution >= 0.6 is 23.2 Å². The van der Waals surface area contributed by atoms with Crippen LogP contribution in [0, 0.1) is 0 Å². The van der Waals surface area contributed by atoms with Gasteiger partial charge in [0.1, 0.15) is 5.84 Å². The topological polar surface area (TPSA) is 82.8 Å². The fourth-order valence-corrected chi connectivity index (χ4v) is 3.51. The van der Waals surface area contributed by atoms with E-state index in [4.69, 9.17) is 28.9 Å². The average molecular weight is 434 g/mol. The molecule has 1 saturated heterocycles. The van der Waals surface area contributed by atoms with E-state index >= 15 is 0 Å². The second-order valence-corrected chi connectivity index (χ2v) is 7.95. The van der Waals surface area contributed by atoms with Crippen LogP contribution in [0.1, 0.15) is 31.9 Å². The third kappa shape index (κ3) is 5.63. The summed E-state index contributed by atoms with van der Waals surface area (Å²) >= 11 is 12.1. The van der Waals surface area contributed by atoms with Gasteiger partial charge in [0.15, 0.2) is 0 Å². The maximum Gasteiger partial charge on any atom is 0.318 e. The van der Waals surface area contributed by atoms with Gasteiger partial charge < -0.3 is 21.3 Å². The smallest absolute Gasteiger partial charge is 0.318 e. The molecule has 3 rings (SSSR count). The van der Waals surface area contributed by atoms with Gasteiger partial charge in [-0.3, -0.25) is 0 Å². The molecule has 1 aromatic rings. The Bertz CT molecular complexity index is 904. The van der Waals surface area contributed by atoms with Gasteiger partial charge in [-0.25, -0.2) is 9.79 Å². The molecule has 0 aliphatic carbocycles. The van der Waals surface area contributed by atoms with Crippen molar-refractivity contribution in [2.24, 2.45) is 10.7 Å². The largest absolute Gasteiger partial charge is 0.347 e. The van der Waals surface area contributed by atoms with Crippen molar-refractivity contribution in [2.75, 3.05) is 13.1 Å². The summed E-state index contributed by atoms with van der Waals surface area (Å²) in [5.41, 5.74) is 8.89. The van der Waals surface area contributed by atoms with Crippen molar-refractivity contribution < 1.29 is 4.79 Å². The molecule has 0 saturated carbocycles. The molecule has 0 spiro atoms. The maximum atomic E-state index is 12.8.